The van der Waals surface area contributed by atoms with Crippen LogP contribution in [0.25, 0.3) is 27.8 Å². The number of piperidine rings is 1. The van der Waals surface area contributed by atoms with E-state index in [1.165, 1.54) is 6.42 Å². The maximum atomic E-state index is 13.4. The van der Waals surface area contributed by atoms with Crippen molar-refractivity contribution in [2.24, 2.45) is 0 Å². The third-order valence-electron chi connectivity index (χ3n) is 7.95. The Morgan fingerprint density at radius 2 is 1.92 bits per heavy atom. The van der Waals surface area contributed by atoms with Crippen LogP contribution in [0.1, 0.15) is 41.6 Å². The molecule has 1 aromatic carbocycles. The van der Waals surface area contributed by atoms with Crippen LogP contribution in [0, 0.1) is 11.3 Å². The summed E-state index contributed by atoms with van der Waals surface area (Å²) in [7, 11) is 0. The topological polar surface area (TPSA) is 98.7 Å². The maximum Gasteiger partial charge on any atom is 0.320 e. The highest BCUT2D eigenvalue weighted by Gasteiger charge is 2.32. The van der Waals surface area contributed by atoms with E-state index in [4.69, 9.17) is 0 Å². The SMILES string of the molecule is N#Cc1cc2c3c(c1)c(C1=C(c4cnc5ccccn45)C(=O)CN1)cn3CCN(C(=O)N1CCCCC1)C2. The molecule has 0 atom stereocenters. The average Bonchev–Trinajstić information content (AvgIpc) is 3.61. The molecule has 1 saturated heterocycles. The van der Waals surface area contributed by atoms with Gasteiger partial charge in [-0.3, -0.25) is 9.20 Å². The molecule has 0 radical (unpaired) electrons. The van der Waals surface area contributed by atoms with Crippen LogP contribution in [0.4, 0.5) is 4.79 Å². The summed E-state index contributed by atoms with van der Waals surface area (Å²) in [6, 6.07) is 11.9. The van der Waals surface area contributed by atoms with Gasteiger partial charge in [-0.25, -0.2) is 9.78 Å². The molecule has 0 unspecified atom stereocenters. The van der Waals surface area contributed by atoms with Gasteiger partial charge in [-0.1, -0.05) is 6.07 Å². The van der Waals surface area contributed by atoms with Gasteiger partial charge in [0.2, 0.25) is 0 Å². The third kappa shape index (κ3) is 3.48. The Hall–Kier alpha value is -4.58. The maximum absolute atomic E-state index is 13.4. The van der Waals surface area contributed by atoms with E-state index in [0.29, 0.717) is 30.8 Å². The first-order valence-electron chi connectivity index (χ1n) is 13.2. The third-order valence-corrected chi connectivity index (χ3v) is 7.95. The van der Waals surface area contributed by atoms with Crippen molar-refractivity contribution in [1.29, 1.82) is 5.26 Å². The lowest BCUT2D eigenvalue weighted by Gasteiger charge is -2.32. The van der Waals surface area contributed by atoms with Crippen LogP contribution >= 0.6 is 0 Å². The summed E-state index contributed by atoms with van der Waals surface area (Å²) in [4.78, 5) is 34.9. The molecule has 3 aromatic heterocycles. The molecule has 9 nitrogen and oxygen atoms in total. The highest BCUT2D eigenvalue weighted by molar-refractivity contribution is 6.32. The number of benzene rings is 1. The van der Waals surface area contributed by atoms with E-state index in [1.54, 1.807) is 6.20 Å². The molecule has 0 saturated carbocycles. The van der Waals surface area contributed by atoms with Gasteiger partial charge in [0.05, 0.1) is 46.9 Å². The predicted molar refractivity (Wildman–Crippen MR) is 143 cm³/mol. The summed E-state index contributed by atoms with van der Waals surface area (Å²) in [6.07, 6.45) is 8.99. The number of imidazole rings is 1. The average molecular weight is 506 g/mol. The first-order chi connectivity index (χ1) is 18.6. The normalized spacial score (nSPS) is 17.7. The van der Waals surface area contributed by atoms with E-state index in [9.17, 15) is 14.9 Å². The molecule has 7 rings (SSSR count). The van der Waals surface area contributed by atoms with Crippen molar-refractivity contribution in [3.8, 4) is 6.07 Å². The zero-order valence-corrected chi connectivity index (χ0v) is 21.0. The van der Waals surface area contributed by atoms with Crippen molar-refractivity contribution in [3.05, 3.63) is 71.3 Å². The van der Waals surface area contributed by atoms with Crippen molar-refractivity contribution in [2.45, 2.75) is 32.4 Å². The molecule has 0 aliphatic carbocycles. The highest BCUT2D eigenvalue weighted by atomic mass is 16.2. The van der Waals surface area contributed by atoms with Gasteiger partial charge in [-0.2, -0.15) is 5.26 Å². The van der Waals surface area contributed by atoms with Gasteiger partial charge < -0.3 is 19.7 Å². The van der Waals surface area contributed by atoms with Gasteiger partial charge in [0, 0.05) is 56.1 Å². The number of carbonyl (C=O) groups is 2. The Morgan fingerprint density at radius 1 is 1.05 bits per heavy atom. The van der Waals surface area contributed by atoms with Crippen LogP contribution < -0.4 is 5.32 Å². The van der Waals surface area contributed by atoms with Gasteiger partial charge in [0.15, 0.2) is 5.78 Å². The monoisotopic (exact) mass is 505 g/mol. The zero-order valence-electron chi connectivity index (χ0n) is 21.0. The second-order valence-corrected chi connectivity index (χ2v) is 10.2. The first kappa shape index (κ1) is 22.6. The molecule has 1 N–H and O–H groups in total. The lowest BCUT2D eigenvalue weighted by Crippen LogP contribution is -2.45. The molecule has 3 aliphatic rings. The Bertz CT molecular complexity index is 1700. The van der Waals surface area contributed by atoms with E-state index in [-0.39, 0.29) is 18.4 Å². The molecule has 3 aliphatic heterocycles. The Labute approximate surface area is 219 Å². The fraction of sp³-hybridized carbons (Fsp3) is 0.310. The second-order valence-electron chi connectivity index (χ2n) is 10.2. The fourth-order valence-electron chi connectivity index (χ4n) is 6.15. The molecule has 6 heterocycles. The van der Waals surface area contributed by atoms with Gasteiger partial charge in [-0.15, -0.1) is 0 Å². The van der Waals surface area contributed by atoms with E-state index >= 15 is 0 Å². The standard InChI is InChI=1S/C29H27N7O2/c30-14-19-12-20-17-35(29(38)33-7-3-1-4-8-33)11-10-34-18-22(21(13-19)28(20)34)27-26(24(37)16-32-27)23-15-31-25-6-2-5-9-36(23)25/h2,5-6,9,12-13,15,18,32H,1,3-4,7-8,10-11,16-17H2. The number of amides is 2. The number of hydrogen-bond acceptors (Lipinski definition) is 5. The number of nitriles is 1. The minimum atomic E-state index is 0.00797. The number of pyridine rings is 1. The van der Waals surface area contributed by atoms with Gasteiger partial charge in [-0.05, 0) is 49.1 Å². The number of nitrogens with zero attached hydrogens (tertiary/aromatic N) is 6. The molecular weight excluding hydrogens is 478 g/mol. The molecule has 1 fully saturated rings. The van der Waals surface area contributed by atoms with Crippen LogP contribution in [-0.4, -0.2) is 61.7 Å². The number of aromatic nitrogens is 3. The smallest absolute Gasteiger partial charge is 0.320 e. The molecule has 38 heavy (non-hydrogen) atoms. The first-order valence-corrected chi connectivity index (χ1v) is 13.2. The van der Waals surface area contributed by atoms with Crippen molar-refractivity contribution in [3.63, 3.8) is 0 Å². The van der Waals surface area contributed by atoms with E-state index < -0.39 is 0 Å². The molecule has 2 amide bonds. The highest BCUT2D eigenvalue weighted by Crippen LogP contribution is 2.37. The Balaban J connectivity index is 1.36. The number of nitrogens with one attached hydrogen (secondary N) is 1. The van der Waals surface area contributed by atoms with Crippen LogP contribution in [-0.2, 0) is 17.9 Å². The molecule has 0 spiro atoms. The van der Waals surface area contributed by atoms with Crippen molar-refractivity contribution in [2.75, 3.05) is 26.2 Å². The number of rotatable bonds is 2. The van der Waals surface area contributed by atoms with Crippen molar-refractivity contribution >= 4 is 39.6 Å². The Kier molecular flexibility index (Phi) is 5.22. The van der Waals surface area contributed by atoms with Gasteiger partial charge in [0.1, 0.15) is 5.65 Å². The van der Waals surface area contributed by atoms with Gasteiger partial charge >= 0.3 is 6.03 Å². The fourth-order valence-corrected chi connectivity index (χ4v) is 6.15. The quantitative estimate of drug-likeness (QED) is 0.449. The Morgan fingerprint density at radius 3 is 2.76 bits per heavy atom. The number of hydrogen-bond donors (Lipinski definition) is 1. The summed E-state index contributed by atoms with van der Waals surface area (Å²) < 4.78 is 4.10. The molecule has 0 bridgehead atoms. The van der Waals surface area contributed by atoms with E-state index in [0.717, 1.165) is 65.0 Å². The van der Waals surface area contributed by atoms with Crippen molar-refractivity contribution < 1.29 is 9.59 Å². The van der Waals surface area contributed by atoms with Crippen LogP contribution in [0.15, 0.2) is 48.9 Å². The number of ketones is 1. The minimum absolute atomic E-state index is 0.00797. The summed E-state index contributed by atoms with van der Waals surface area (Å²) in [5.74, 6) is 0.00797. The minimum Gasteiger partial charge on any atom is -0.376 e. The molecule has 190 valence electrons. The number of likely N-dealkylation sites (tertiary alicyclic amines) is 1. The summed E-state index contributed by atoms with van der Waals surface area (Å²) in [5, 5.41) is 14.1. The van der Waals surface area contributed by atoms with Crippen LogP contribution in [0.5, 0.6) is 0 Å². The number of fused-ring (bicyclic) bond motifs is 1. The molecule has 4 aromatic rings. The largest absolute Gasteiger partial charge is 0.376 e. The molecular formula is C29H27N7O2. The van der Waals surface area contributed by atoms with E-state index in [1.807, 2.05) is 50.7 Å². The summed E-state index contributed by atoms with van der Waals surface area (Å²) in [6.45, 7) is 3.50. The van der Waals surface area contributed by atoms with Gasteiger partial charge in [0.25, 0.3) is 0 Å². The van der Waals surface area contributed by atoms with Crippen LogP contribution in [0.2, 0.25) is 0 Å². The summed E-state index contributed by atoms with van der Waals surface area (Å²) >= 11 is 0. The molecule has 9 heteroatoms. The van der Waals surface area contributed by atoms with E-state index in [2.05, 4.69) is 27.1 Å². The lowest BCUT2D eigenvalue weighted by molar-refractivity contribution is -0.112. The number of Topliss-reactive ketones (excluding diaryl/α,β-unsaturated/α-hetero) is 1. The lowest BCUT2D eigenvalue weighted by atomic mass is 10.00. The zero-order chi connectivity index (χ0) is 25.8. The predicted octanol–water partition coefficient (Wildman–Crippen LogP) is 3.62. The number of carbonyl (C=O) groups excluding carboxylic acids is 2. The second kappa shape index (κ2) is 8.77. The number of urea groups is 1. The summed E-state index contributed by atoms with van der Waals surface area (Å²) in [5.41, 5.74) is 6.28. The van der Waals surface area contributed by atoms with Crippen molar-refractivity contribution in [1.82, 2.24) is 29.1 Å². The van der Waals surface area contributed by atoms with Crippen LogP contribution in [0.3, 0.4) is 0 Å².